The van der Waals surface area contributed by atoms with Crippen molar-refractivity contribution in [1.82, 2.24) is 0 Å². The fourth-order valence-corrected chi connectivity index (χ4v) is 12.5. The summed E-state index contributed by atoms with van der Waals surface area (Å²) < 4.78 is 3.53. The van der Waals surface area contributed by atoms with E-state index in [1.54, 1.807) is 5.19 Å². The summed E-state index contributed by atoms with van der Waals surface area (Å²) in [6, 6.07) is 22.9. The minimum Gasteiger partial charge on any atom is -0.297 e. The largest absolute Gasteiger partial charge is 0.297 e. The van der Waals surface area contributed by atoms with Crippen LogP contribution >= 0.6 is 32.1 Å². The summed E-state index contributed by atoms with van der Waals surface area (Å²) in [5.41, 5.74) is 15.9. The van der Waals surface area contributed by atoms with E-state index in [-0.39, 0.29) is 6.04 Å². The van der Waals surface area contributed by atoms with Gasteiger partial charge in [0.05, 0.1) is 36.0 Å². The van der Waals surface area contributed by atoms with Crippen LogP contribution in [0.3, 0.4) is 0 Å². The number of nitrogens with zero attached hydrogens (tertiary/aromatic N) is 1. The summed E-state index contributed by atoms with van der Waals surface area (Å²) in [4.78, 5) is 0. The van der Waals surface area contributed by atoms with Gasteiger partial charge in [0.25, 0.3) is 0 Å². The van der Waals surface area contributed by atoms with E-state index in [2.05, 4.69) is 144 Å². The minimum atomic E-state index is -1.93. The number of fused-ring (bicyclic) bond motifs is 4. The molecular weight excluding hydrogens is 586 g/mol. The number of hydrogen-bond acceptors (Lipinski definition) is 1. The van der Waals surface area contributed by atoms with Gasteiger partial charge in [0.1, 0.15) is 0 Å². The number of aryl methyl sites for hydroxylation is 1. The Morgan fingerprint density at radius 2 is 1.61 bits per heavy atom. The maximum Gasteiger partial charge on any atom is 0.0926 e. The second-order valence-electron chi connectivity index (χ2n) is 11.1. The Kier molecular flexibility index (Phi) is 5.68. The Bertz CT molecular complexity index is 1530. The predicted octanol–water partition coefficient (Wildman–Crippen LogP) is 9.17. The molecule has 0 aromatic heterocycles. The van der Waals surface area contributed by atoms with E-state index < -0.39 is 8.07 Å². The first-order chi connectivity index (χ1) is 17.1. The summed E-state index contributed by atoms with van der Waals surface area (Å²) in [6.07, 6.45) is 2.40. The molecular formula is C32H31Br2NSi. The molecule has 1 aliphatic heterocycles. The SMILES string of the molecule is CC1=Cc2c(Br)cccc2C1[Si](C)(C)c1cc2c(cc1C)N(Br)C1C(C)=C(C)C(c3ccccc3)=C21. The number of halogens is 2. The normalized spacial score (nSPS) is 20.7. The van der Waals surface area contributed by atoms with Crippen molar-refractivity contribution in [2.45, 2.75) is 52.4 Å². The molecule has 0 amide bonds. The molecule has 3 aliphatic rings. The zero-order valence-corrected chi connectivity index (χ0v) is 25.9. The van der Waals surface area contributed by atoms with Gasteiger partial charge in [-0.2, -0.15) is 0 Å². The van der Waals surface area contributed by atoms with Crippen molar-refractivity contribution in [3.63, 3.8) is 0 Å². The van der Waals surface area contributed by atoms with Crippen LogP contribution in [-0.2, 0) is 0 Å². The monoisotopic (exact) mass is 615 g/mol. The highest BCUT2D eigenvalue weighted by molar-refractivity contribution is 9.10. The van der Waals surface area contributed by atoms with Crippen molar-refractivity contribution in [2.24, 2.45) is 0 Å². The summed E-state index contributed by atoms with van der Waals surface area (Å²) in [5.74, 6) is 0. The van der Waals surface area contributed by atoms with Gasteiger partial charge < -0.3 is 0 Å². The Labute approximate surface area is 233 Å². The molecule has 0 radical (unpaired) electrons. The zero-order chi connectivity index (χ0) is 25.5. The Balaban J connectivity index is 1.56. The van der Waals surface area contributed by atoms with Crippen molar-refractivity contribution in [2.75, 3.05) is 3.93 Å². The van der Waals surface area contributed by atoms with Crippen LogP contribution < -0.4 is 9.11 Å². The number of allylic oxidation sites excluding steroid dienone is 3. The van der Waals surface area contributed by atoms with E-state index in [0.29, 0.717) is 5.54 Å². The van der Waals surface area contributed by atoms with Gasteiger partial charge in [-0.15, -0.1) is 0 Å². The molecule has 3 aromatic rings. The summed E-state index contributed by atoms with van der Waals surface area (Å²) in [7, 11) is -1.93. The van der Waals surface area contributed by atoms with E-state index >= 15 is 0 Å². The van der Waals surface area contributed by atoms with Crippen LogP contribution in [0.5, 0.6) is 0 Å². The van der Waals surface area contributed by atoms with Crippen LogP contribution in [0.2, 0.25) is 13.1 Å². The third-order valence-corrected chi connectivity index (χ3v) is 14.3. The van der Waals surface area contributed by atoms with Gasteiger partial charge >= 0.3 is 0 Å². The Morgan fingerprint density at radius 3 is 2.33 bits per heavy atom. The predicted molar refractivity (Wildman–Crippen MR) is 166 cm³/mol. The number of benzene rings is 3. The van der Waals surface area contributed by atoms with E-state index in [0.717, 1.165) is 0 Å². The first-order valence-electron chi connectivity index (χ1n) is 12.7. The third kappa shape index (κ3) is 3.30. The highest BCUT2D eigenvalue weighted by atomic mass is 79.9. The molecule has 0 saturated carbocycles. The molecule has 1 nitrogen and oxygen atoms in total. The fourth-order valence-electron chi connectivity index (χ4n) is 7.05. The van der Waals surface area contributed by atoms with Gasteiger partial charge in [-0.3, -0.25) is 3.93 Å². The first-order valence-corrected chi connectivity index (χ1v) is 17.2. The average molecular weight is 618 g/mol. The second kappa shape index (κ2) is 8.44. The maximum atomic E-state index is 3.99. The lowest BCUT2D eigenvalue weighted by atomic mass is 9.93. The minimum absolute atomic E-state index is 0.249. The van der Waals surface area contributed by atoms with Crippen LogP contribution in [0, 0.1) is 6.92 Å². The molecule has 0 saturated heterocycles. The van der Waals surface area contributed by atoms with Crippen molar-refractivity contribution in [3.05, 3.63) is 110 Å². The molecule has 2 atom stereocenters. The number of hydrogen-bond donors (Lipinski definition) is 0. The van der Waals surface area contributed by atoms with Gasteiger partial charge in [0, 0.05) is 15.6 Å². The van der Waals surface area contributed by atoms with E-state index in [1.807, 2.05) is 0 Å². The molecule has 2 aliphatic carbocycles. The molecule has 4 heteroatoms. The topological polar surface area (TPSA) is 3.24 Å². The standard InChI is InChI=1S/C32H31Br2NSi/c1-18-16-27-25(30-29(22-11-8-7-9-12-22)20(3)21(4)31(30)35(27)34)17-28(18)36(5,6)32-19(2)15-24-23(32)13-10-14-26(24)33/h7-17,31-32H,1-6H3. The molecule has 0 fully saturated rings. The molecule has 3 aromatic carbocycles. The average Bonchev–Trinajstić information content (AvgIpc) is 3.43. The van der Waals surface area contributed by atoms with Gasteiger partial charge in [-0.1, -0.05) is 94.4 Å². The Morgan fingerprint density at radius 1 is 0.889 bits per heavy atom. The van der Waals surface area contributed by atoms with Crippen LogP contribution in [0.4, 0.5) is 5.69 Å². The van der Waals surface area contributed by atoms with Gasteiger partial charge in [0.2, 0.25) is 0 Å². The Hall–Kier alpha value is -2.14. The maximum absolute atomic E-state index is 3.99. The first kappa shape index (κ1) is 24.2. The lowest BCUT2D eigenvalue weighted by Gasteiger charge is -2.34. The summed E-state index contributed by atoms with van der Waals surface area (Å²) in [5, 5.41) is 1.57. The zero-order valence-electron chi connectivity index (χ0n) is 21.7. The fraction of sp³-hybridized carbons (Fsp3) is 0.250. The van der Waals surface area contributed by atoms with Crippen molar-refractivity contribution in [3.8, 4) is 0 Å². The molecule has 36 heavy (non-hydrogen) atoms. The molecule has 6 rings (SSSR count). The molecule has 0 spiro atoms. The number of anilines is 1. The van der Waals surface area contributed by atoms with Crippen LogP contribution in [0.15, 0.2) is 81.9 Å². The summed E-state index contributed by atoms with van der Waals surface area (Å²) >= 11 is 7.80. The van der Waals surface area contributed by atoms with Gasteiger partial charge in [0.15, 0.2) is 0 Å². The summed E-state index contributed by atoms with van der Waals surface area (Å²) in [6.45, 7) is 14.4. The van der Waals surface area contributed by atoms with E-state index in [4.69, 9.17) is 0 Å². The highest BCUT2D eigenvalue weighted by Gasteiger charge is 2.45. The highest BCUT2D eigenvalue weighted by Crippen LogP contribution is 2.55. The van der Waals surface area contributed by atoms with Crippen molar-refractivity contribution >= 4 is 68.2 Å². The molecule has 2 unspecified atom stereocenters. The van der Waals surface area contributed by atoms with E-state index in [1.165, 1.54) is 65.8 Å². The van der Waals surface area contributed by atoms with Crippen molar-refractivity contribution < 1.29 is 0 Å². The molecule has 0 N–H and O–H groups in total. The molecule has 1 heterocycles. The van der Waals surface area contributed by atoms with Crippen molar-refractivity contribution in [1.29, 1.82) is 0 Å². The quantitative estimate of drug-likeness (QED) is 0.209. The van der Waals surface area contributed by atoms with Gasteiger partial charge in [-0.25, -0.2) is 0 Å². The lowest BCUT2D eigenvalue weighted by molar-refractivity contribution is 1.02. The van der Waals surface area contributed by atoms with Crippen LogP contribution in [0.25, 0.3) is 17.2 Å². The van der Waals surface area contributed by atoms with Crippen LogP contribution in [0.1, 0.15) is 54.1 Å². The molecule has 0 bridgehead atoms. The van der Waals surface area contributed by atoms with E-state index in [9.17, 15) is 0 Å². The number of rotatable bonds is 3. The smallest absolute Gasteiger partial charge is 0.0926 e. The van der Waals surface area contributed by atoms with Gasteiger partial charge in [-0.05, 0) is 84.4 Å². The lowest BCUT2D eigenvalue weighted by Crippen LogP contribution is -2.49. The van der Waals surface area contributed by atoms with Crippen LogP contribution in [-0.4, -0.2) is 14.1 Å². The second-order valence-corrected chi connectivity index (χ2v) is 17.3. The third-order valence-electron chi connectivity index (χ3n) is 8.71. The molecule has 182 valence electrons.